The molecule has 0 aromatic heterocycles. The SMILES string of the molecule is CCSCCNC1CCS(=O)(=O)CC1. The molecule has 0 saturated carbocycles. The van der Waals surface area contributed by atoms with E-state index in [1.54, 1.807) is 0 Å². The van der Waals surface area contributed by atoms with Crippen molar-refractivity contribution in [3.63, 3.8) is 0 Å². The molecule has 0 spiro atoms. The van der Waals surface area contributed by atoms with Crippen molar-refractivity contribution < 1.29 is 8.42 Å². The summed E-state index contributed by atoms with van der Waals surface area (Å²) in [6, 6.07) is 0.427. The fourth-order valence-corrected chi connectivity index (χ4v) is 3.62. The number of hydrogen-bond donors (Lipinski definition) is 1. The monoisotopic (exact) mass is 237 g/mol. The molecule has 1 aliphatic rings. The summed E-state index contributed by atoms with van der Waals surface area (Å²) in [5, 5.41) is 3.41. The molecule has 1 aliphatic heterocycles. The van der Waals surface area contributed by atoms with Crippen molar-refractivity contribution in [2.24, 2.45) is 0 Å². The van der Waals surface area contributed by atoms with Gasteiger partial charge in [-0.25, -0.2) is 8.42 Å². The third kappa shape index (κ3) is 4.66. The number of thioether (sulfide) groups is 1. The summed E-state index contributed by atoms with van der Waals surface area (Å²) >= 11 is 1.92. The number of hydrogen-bond acceptors (Lipinski definition) is 4. The molecular weight excluding hydrogens is 218 g/mol. The Kier molecular flexibility index (Phi) is 5.26. The largest absolute Gasteiger partial charge is 0.313 e. The smallest absolute Gasteiger partial charge is 0.150 e. The standard InChI is InChI=1S/C9H19NO2S2/c1-2-13-6-5-10-9-3-7-14(11,12)8-4-9/h9-10H,2-8H2,1H3. The first kappa shape index (κ1) is 12.3. The predicted octanol–water partition coefficient (Wildman–Crippen LogP) is 0.906. The van der Waals surface area contributed by atoms with Crippen molar-refractivity contribution in [1.82, 2.24) is 5.32 Å². The minimum absolute atomic E-state index is 0.367. The quantitative estimate of drug-likeness (QED) is 0.722. The maximum atomic E-state index is 11.1. The minimum atomic E-state index is -2.70. The van der Waals surface area contributed by atoms with Gasteiger partial charge in [0.1, 0.15) is 9.84 Å². The molecule has 1 heterocycles. The van der Waals surface area contributed by atoms with Crippen molar-refractivity contribution in [2.45, 2.75) is 25.8 Å². The minimum Gasteiger partial charge on any atom is -0.313 e. The van der Waals surface area contributed by atoms with Crippen LogP contribution in [0.1, 0.15) is 19.8 Å². The highest BCUT2D eigenvalue weighted by molar-refractivity contribution is 7.99. The van der Waals surface area contributed by atoms with Crippen LogP contribution < -0.4 is 5.32 Å². The van der Waals surface area contributed by atoms with Gasteiger partial charge in [0.2, 0.25) is 0 Å². The Morgan fingerprint density at radius 1 is 1.36 bits per heavy atom. The van der Waals surface area contributed by atoms with Crippen molar-refractivity contribution >= 4 is 21.6 Å². The maximum Gasteiger partial charge on any atom is 0.150 e. The lowest BCUT2D eigenvalue weighted by atomic mass is 10.1. The Balaban J connectivity index is 2.10. The van der Waals surface area contributed by atoms with Gasteiger partial charge in [-0.3, -0.25) is 0 Å². The van der Waals surface area contributed by atoms with Gasteiger partial charge in [-0.1, -0.05) is 6.92 Å². The fraction of sp³-hybridized carbons (Fsp3) is 1.00. The summed E-state index contributed by atoms with van der Waals surface area (Å²) in [4.78, 5) is 0. The highest BCUT2D eigenvalue weighted by Crippen LogP contribution is 2.12. The summed E-state index contributed by atoms with van der Waals surface area (Å²) < 4.78 is 22.3. The van der Waals surface area contributed by atoms with Gasteiger partial charge in [0.15, 0.2) is 0 Å². The molecule has 3 nitrogen and oxygen atoms in total. The van der Waals surface area contributed by atoms with Gasteiger partial charge in [0, 0.05) is 18.3 Å². The Morgan fingerprint density at radius 3 is 2.57 bits per heavy atom. The van der Waals surface area contributed by atoms with E-state index >= 15 is 0 Å². The summed E-state index contributed by atoms with van der Waals surface area (Å²) in [7, 11) is -2.70. The predicted molar refractivity (Wildman–Crippen MR) is 62.7 cm³/mol. The summed E-state index contributed by atoms with van der Waals surface area (Å²) in [5.41, 5.74) is 0. The molecule has 0 bridgehead atoms. The molecule has 0 amide bonds. The Hall–Kier alpha value is 0.260. The third-order valence-electron chi connectivity index (χ3n) is 2.44. The molecule has 0 aromatic rings. The zero-order chi connectivity index (χ0) is 10.4. The van der Waals surface area contributed by atoms with E-state index in [4.69, 9.17) is 0 Å². The molecular formula is C9H19NO2S2. The Morgan fingerprint density at radius 2 is 2.00 bits per heavy atom. The van der Waals surface area contributed by atoms with Crippen LogP contribution in [-0.2, 0) is 9.84 Å². The Bertz CT molecular complexity index is 238. The van der Waals surface area contributed by atoms with Crippen molar-refractivity contribution in [1.29, 1.82) is 0 Å². The van der Waals surface area contributed by atoms with E-state index in [0.717, 1.165) is 30.9 Å². The van der Waals surface area contributed by atoms with Gasteiger partial charge in [0.05, 0.1) is 11.5 Å². The maximum absolute atomic E-state index is 11.1. The van der Waals surface area contributed by atoms with Crippen LogP contribution in [0.3, 0.4) is 0 Å². The van der Waals surface area contributed by atoms with Gasteiger partial charge >= 0.3 is 0 Å². The lowest BCUT2D eigenvalue weighted by Gasteiger charge is -2.22. The van der Waals surface area contributed by atoms with E-state index in [2.05, 4.69) is 12.2 Å². The number of sulfone groups is 1. The van der Waals surface area contributed by atoms with E-state index in [0.29, 0.717) is 17.5 Å². The summed E-state index contributed by atoms with van der Waals surface area (Å²) in [6.45, 7) is 3.15. The summed E-state index contributed by atoms with van der Waals surface area (Å²) in [5.74, 6) is 3.01. The van der Waals surface area contributed by atoms with Crippen molar-refractivity contribution in [3.05, 3.63) is 0 Å². The van der Waals surface area contributed by atoms with Gasteiger partial charge < -0.3 is 5.32 Å². The lowest BCUT2D eigenvalue weighted by Crippen LogP contribution is -2.38. The van der Waals surface area contributed by atoms with Crippen molar-refractivity contribution in [2.75, 3.05) is 29.6 Å². The van der Waals surface area contributed by atoms with E-state index in [-0.39, 0.29) is 0 Å². The van der Waals surface area contributed by atoms with Crippen LogP contribution in [0.2, 0.25) is 0 Å². The number of rotatable bonds is 5. The van der Waals surface area contributed by atoms with Gasteiger partial charge in [-0.2, -0.15) is 11.8 Å². The normalized spacial score (nSPS) is 22.4. The molecule has 0 atom stereocenters. The fourth-order valence-electron chi connectivity index (χ4n) is 1.57. The van der Waals surface area contributed by atoms with Gasteiger partial charge in [0.25, 0.3) is 0 Å². The molecule has 84 valence electrons. The highest BCUT2D eigenvalue weighted by atomic mass is 32.2. The first-order valence-electron chi connectivity index (χ1n) is 5.15. The van der Waals surface area contributed by atoms with Crippen LogP contribution in [0.4, 0.5) is 0 Å². The zero-order valence-electron chi connectivity index (χ0n) is 8.66. The molecule has 1 rings (SSSR count). The second kappa shape index (κ2) is 5.98. The number of nitrogens with one attached hydrogen (secondary N) is 1. The molecule has 14 heavy (non-hydrogen) atoms. The average molecular weight is 237 g/mol. The van der Waals surface area contributed by atoms with Crippen LogP contribution in [0, 0.1) is 0 Å². The molecule has 0 unspecified atom stereocenters. The third-order valence-corrected chi connectivity index (χ3v) is 5.05. The van der Waals surface area contributed by atoms with Crippen LogP contribution in [-0.4, -0.2) is 44.0 Å². The molecule has 1 fully saturated rings. The Labute approximate surface area is 91.0 Å². The van der Waals surface area contributed by atoms with Crippen molar-refractivity contribution in [3.8, 4) is 0 Å². The molecule has 0 aromatic carbocycles. The lowest BCUT2D eigenvalue weighted by molar-refractivity contribution is 0.476. The van der Waals surface area contributed by atoms with E-state index in [9.17, 15) is 8.42 Å². The van der Waals surface area contributed by atoms with Gasteiger partial charge in [-0.05, 0) is 18.6 Å². The van der Waals surface area contributed by atoms with E-state index in [1.165, 1.54) is 0 Å². The molecule has 1 saturated heterocycles. The molecule has 1 N–H and O–H groups in total. The van der Waals surface area contributed by atoms with Crippen LogP contribution >= 0.6 is 11.8 Å². The average Bonchev–Trinajstić information content (AvgIpc) is 2.15. The van der Waals surface area contributed by atoms with Crippen LogP contribution in [0.5, 0.6) is 0 Å². The topological polar surface area (TPSA) is 46.2 Å². The van der Waals surface area contributed by atoms with E-state index < -0.39 is 9.84 Å². The molecule has 5 heteroatoms. The first-order valence-corrected chi connectivity index (χ1v) is 8.13. The molecule has 0 aliphatic carbocycles. The summed E-state index contributed by atoms with van der Waals surface area (Å²) in [6.07, 6.45) is 1.58. The molecule has 0 radical (unpaired) electrons. The van der Waals surface area contributed by atoms with Crippen LogP contribution in [0.25, 0.3) is 0 Å². The van der Waals surface area contributed by atoms with Crippen LogP contribution in [0.15, 0.2) is 0 Å². The second-order valence-corrected chi connectivity index (χ2v) is 7.27. The zero-order valence-corrected chi connectivity index (χ0v) is 10.3. The van der Waals surface area contributed by atoms with Gasteiger partial charge in [-0.15, -0.1) is 0 Å². The highest BCUT2D eigenvalue weighted by Gasteiger charge is 2.22. The van der Waals surface area contributed by atoms with E-state index in [1.807, 2.05) is 11.8 Å². The second-order valence-electron chi connectivity index (χ2n) is 3.58. The first-order chi connectivity index (χ1) is 6.64.